The summed E-state index contributed by atoms with van der Waals surface area (Å²) in [5.74, 6) is 0.937. The second-order valence-electron chi connectivity index (χ2n) is 10.1. The number of hydrogen-bond acceptors (Lipinski definition) is 2. The first kappa shape index (κ1) is 20.4. The second kappa shape index (κ2) is 8.86. The molecule has 0 N–H and O–H groups in total. The minimum atomic E-state index is -0.0962. The Morgan fingerprint density at radius 1 is 0.857 bits per heavy atom. The number of ether oxygens (including phenoxy) is 1. The third kappa shape index (κ3) is 4.48. The van der Waals surface area contributed by atoms with Crippen LogP contribution in [0, 0.1) is 5.41 Å². The van der Waals surface area contributed by atoms with E-state index in [1.807, 2.05) is 0 Å². The highest BCUT2D eigenvalue weighted by Gasteiger charge is 2.36. The van der Waals surface area contributed by atoms with Crippen molar-refractivity contribution >= 4 is 19.1 Å². The molecule has 1 aliphatic heterocycles. The lowest BCUT2D eigenvalue weighted by Gasteiger charge is -2.40. The van der Waals surface area contributed by atoms with Gasteiger partial charge in [-0.2, -0.15) is 0 Å². The van der Waals surface area contributed by atoms with Gasteiger partial charge in [-0.05, 0) is 47.9 Å². The van der Waals surface area contributed by atoms with Gasteiger partial charge >= 0.3 is 0 Å². The summed E-state index contributed by atoms with van der Waals surface area (Å²) < 4.78 is 6.07. The van der Waals surface area contributed by atoms with Crippen molar-refractivity contribution in [3.05, 3.63) is 29.8 Å². The second-order valence-corrected chi connectivity index (χ2v) is 12.8. The van der Waals surface area contributed by atoms with Gasteiger partial charge in [0.1, 0.15) is 12.6 Å². The summed E-state index contributed by atoms with van der Waals surface area (Å²) in [4.78, 5) is 5.07. The average Bonchev–Trinajstić information content (AvgIpc) is 3.21. The highest BCUT2D eigenvalue weighted by atomic mass is 31.1. The van der Waals surface area contributed by atoms with Crippen molar-refractivity contribution in [2.45, 2.75) is 102 Å². The molecule has 0 bridgehead atoms. The summed E-state index contributed by atoms with van der Waals surface area (Å²) in [6, 6.07) is 9.53. The predicted molar refractivity (Wildman–Crippen MR) is 122 cm³/mol. The standard InChI is InChI=1S/C25H38NOP/c1-25(2,3)24-26-22(18-27-24)21-16-10-11-17-23(21)28(19-12-6-4-7-13-19)20-14-8-5-9-15-20/h10-11,16-17,19-20,22H,4-9,12-15,18H2,1-3H3/t22-/m0/s1. The van der Waals surface area contributed by atoms with Gasteiger partial charge in [0.2, 0.25) is 0 Å². The van der Waals surface area contributed by atoms with Gasteiger partial charge in [-0.15, -0.1) is 0 Å². The number of nitrogens with zero attached hydrogens (tertiary/aromatic N) is 1. The Kier molecular flexibility index (Phi) is 6.46. The van der Waals surface area contributed by atoms with E-state index in [1.165, 1.54) is 69.8 Å². The Hall–Kier alpha value is -0.880. The zero-order chi connectivity index (χ0) is 19.6. The van der Waals surface area contributed by atoms with Crippen LogP contribution in [0.1, 0.15) is 96.6 Å². The summed E-state index contributed by atoms with van der Waals surface area (Å²) in [5.41, 5.74) is 3.34. The summed E-state index contributed by atoms with van der Waals surface area (Å²) in [5, 5.41) is 1.67. The Labute approximate surface area is 173 Å². The topological polar surface area (TPSA) is 21.6 Å². The van der Waals surface area contributed by atoms with Crippen LogP contribution >= 0.6 is 7.92 Å². The minimum Gasteiger partial charge on any atom is -0.478 e. The molecule has 0 spiro atoms. The third-order valence-corrected chi connectivity index (χ3v) is 10.4. The molecule has 0 unspecified atom stereocenters. The lowest BCUT2D eigenvalue weighted by Crippen LogP contribution is -2.28. The molecular weight excluding hydrogens is 361 g/mol. The molecule has 28 heavy (non-hydrogen) atoms. The lowest BCUT2D eigenvalue weighted by molar-refractivity contribution is 0.283. The Morgan fingerprint density at radius 2 is 1.43 bits per heavy atom. The lowest BCUT2D eigenvalue weighted by atomic mass is 9.97. The Morgan fingerprint density at radius 3 is 1.96 bits per heavy atom. The van der Waals surface area contributed by atoms with E-state index in [0.29, 0.717) is 0 Å². The van der Waals surface area contributed by atoms with Gasteiger partial charge in [0.05, 0.1) is 0 Å². The van der Waals surface area contributed by atoms with Crippen LogP contribution in [-0.2, 0) is 4.74 Å². The van der Waals surface area contributed by atoms with E-state index in [2.05, 4.69) is 45.0 Å². The zero-order valence-electron chi connectivity index (χ0n) is 18.1. The monoisotopic (exact) mass is 399 g/mol. The number of aliphatic imine (C=N–C) groups is 1. The smallest absolute Gasteiger partial charge is 0.189 e. The van der Waals surface area contributed by atoms with E-state index >= 15 is 0 Å². The molecule has 1 heterocycles. The van der Waals surface area contributed by atoms with Crippen molar-refractivity contribution in [1.82, 2.24) is 0 Å². The van der Waals surface area contributed by atoms with E-state index in [0.717, 1.165) is 23.8 Å². The SMILES string of the molecule is CC(C)(C)C1=N[C@H](c2ccccc2P(C2CCCCC2)C2CCCCC2)CO1. The molecule has 3 aliphatic rings. The van der Waals surface area contributed by atoms with Gasteiger partial charge in [-0.1, -0.05) is 91.5 Å². The molecule has 1 aromatic rings. The summed E-state index contributed by atoms with van der Waals surface area (Å²) >= 11 is 0. The van der Waals surface area contributed by atoms with Gasteiger partial charge < -0.3 is 4.74 Å². The minimum absolute atomic E-state index is 0.00116. The van der Waals surface area contributed by atoms with Crippen LogP contribution in [0.2, 0.25) is 0 Å². The van der Waals surface area contributed by atoms with E-state index in [-0.39, 0.29) is 19.4 Å². The van der Waals surface area contributed by atoms with Gasteiger partial charge in [0.25, 0.3) is 0 Å². The molecule has 0 radical (unpaired) electrons. The van der Waals surface area contributed by atoms with Crippen molar-refractivity contribution in [2.75, 3.05) is 6.61 Å². The molecular formula is C25H38NOP. The normalized spacial score (nSPS) is 25.0. The molecule has 0 saturated heterocycles. The molecule has 3 heteroatoms. The number of rotatable bonds is 4. The van der Waals surface area contributed by atoms with E-state index in [4.69, 9.17) is 9.73 Å². The fourth-order valence-corrected chi connectivity index (χ4v) is 9.36. The predicted octanol–water partition coefficient (Wildman–Crippen LogP) is 6.98. The van der Waals surface area contributed by atoms with Crippen molar-refractivity contribution in [2.24, 2.45) is 10.4 Å². The average molecular weight is 400 g/mol. The van der Waals surface area contributed by atoms with Gasteiger partial charge in [-0.3, -0.25) is 0 Å². The van der Waals surface area contributed by atoms with Crippen LogP contribution in [0.15, 0.2) is 29.3 Å². The van der Waals surface area contributed by atoms with Crippen LogP contribution in [0.25, 0.3) is 0 Å². The molecule has 2 fully saturated rings. The van der Waals surface area contributed by atoms with Crippen molar-refractivity contribution in [3.63, 3.8) is 0 Å². The molecule has 1 aromatic carbocycles. The fraction of sp³-hybridized carbons (Fsp3) is 0.720. The van der Waals surface area contributed by atoms with Crippen molar-refractivity contribution in [3.8, 4) is 0 Å². The first-order valence-electron chi connectivity index (χ1n) is 11.6. The highest BCUT2D eigenvalue weighted by molar-refractivity contribution is 7.67. The molecule has 2 aliphatic carbocycles. The maximum absolute atomic E-state index is 6.07. The third-order valence-electron chi connectivity index (χ3n) is 6.80. The highest BCUT2D eigenvalue weighted by Crippen LogP contribution is 2.56. The van der Waals surface area contributed by atoms with E-state index < -0.39 is 0 Å². The van der Waals surface area contributed by atoms with Gasteiger partial charge in [0.15, 0.2) is 5.90 Å². The zero-order valence-corrected chi connectivity index (χ0v) is 19.0. The maximum Gasteiger partial charge on any atom is 0.189 e. The Bertz CT molecular complexity index is 662. The van der Waals surface area contributed by atoms with Crippen molar-refractivity contribution in [1.29, 1.82) is 0 Å². The molecule has 0 amide bonds. The first-order chi connectivity index (χ1) is 13.5. The number of hydrogen-bond donors (Lipinski definition) is 0. The summed E-state index contributed by atoms with van der Waals surface area (Å²) in [6.45, 7) is 7.34. The molecule has 4 rings (SSSR count). The van der Waals surface area contributed by atoms with Crippen molar-refractivity contribution < 1.29 is 4.74 Å². The first-order valence-corrected chi connectivity index (χ1v) is 13.1. The molecule has 1 atom stereocenters. The van der Waals surface area contributed by atoms with Crippen LogP contribution in [-0.4, -0.2) is 23.8 Å². The Balaban J connectivity index is 1.68. The van der Waals surface area contributed by atoms with Crippen LogP contribution < -0.4 is 5.30 Å². The van der Waals surface area contributed by atoms with Crippen LogP contribution in [0.4, 0.5) is 0 Å². The molecule has 0 aromatic heterocycles. The van der Waals surface area contributed by atoms with Crippen LogP contribution in [0.3, 0.4) is 0 Å². The largest absolute Gasteiger partial charge is 0.478 e. The van der Waals surface area contributed by atoms with E-state index in [1.54, 1.807) is 5.30 Å². The van der Waals surface area contributed by atoms with Gasteiger partial charge in [0, 0.05) is 5.41 Å². The summed E-state index contributed by atoms with van der Waals surface area (Å²) in [7, 11) is -0.0962. The summed E-state index contributed by atoms with van der Waals surface area (Å²) in [6.07, 6.45) is 14.5. The number of benzene rings is 1. The van der Waals surface area contributed by atoms with E-state index in [9.17, 15) is 0 Å². The molecule has 154 valence electrons. The molecule has 2 nitrogen and oxygen atoms in total. The quantitative estimate of drug-likeness (QED) is 0.501. The van der Waals surface area contributed by atoms with Gasteiger partial charge in [-0.25, -0.2) is 4.99 Å². The van der Waals surface area contributed by atoms with Crippen LogP contribution in [0.5, 0.6) is 0 Å². The maximum atomic E-state index is 6.07. The fourth-order valence-electron chi connectivity index (χ4n) is 5.36. The molecule has 2 saturated carbocycles.